The first kappa shape index (κ1) is 39.9. The van der Waals surface area contributed by atoms with Crippen LogP contribution in [0.1, 0.15) is 76.9 Å². The Labute approximate surface area is 346 Å². The van der Waals surface area contributed by atoms with Crippen LogP contribution >= 0.6 is 34.5 Å². The van der Waals surface area contributed by atoms with Crippen LogP contribution in [-0.4, -0.2) is 44.7 Å². The summed E-state index contributed by atoms with van der Waals surface area (Å²) in [6.45, 7) is 7.14. The molecule has 1 aliphatic heterocycles. The Kier molecular flexibility index (Phi) is 12.8. The van der Waals surface area contributed by atoms with Crippen LogP contribution in [0.15, 0.2) is 108 Å². The third-order valence-electron chi connectivity index (χ3n) is 9.95. The molecule has 12 heteroatoms. The third kappa shape index (κ3) is 9.47. The van der Waals surface area contributed by atoms with Gasteiger partial charge in [0, 0.05) is 39.6 Å². The number of carbonyl (C=O) groups is 2. The molecule has 0 saturated heterocycles. The summed E-state index contributed by atoms with van der Waals surface area (Å²) in [4.78, 5) is 34.1. The molecule has 1 unspecified atom stereocenters. The van der Waals surface area contributed by atoms with Gasteiger partial charge < -0.3 is 14.4 Å². The molecule has 9 nitrogen and oxygen atoms in total. The monoisotopic (exact) mass is 819 g/mol. The molecule has 0 aliphatic carbocycles. The van der Waals surface area contributed by atoms with Gasteiger partial charge in [0.25, 0.3) is 0 Å². The number of aromatic nitrogens is 3. The van der Waals surface area contributed by atoms with Crippen molar-refractivity contribution in [1.82, 2.24) is 14.8 Å². The summed E-state index contributed by atoms with van der Waals surface area (Å²) in [5.41, 5.74) is 5.77. The lowest BCUT2D eigenvalue weighted by atomic mass is 9.99. The highest BCUT2D eigenvalue weighted by atomic mass is 35.5. The smallest absolute Gasteiger partial charge is 0.242 e. The molecule has 2 aromatic heterocycles. The first-order chi connectivity index (χ1) is 27.7. The van der Waals surface area contributed by atoms with Gasteiger partial charge in [-0.3, -0.25) is 19.1 Å². The van der Waals surface area contributed by atoms with E-state index in [2.05, 4.69) is 28.6 Å². The highest BCUT2D eigenvalue weighted by Crippen LogP contribution is 2.40. The zero-order valence-corrected chi connectivity index (χ0v) is 34.4. The van der Waals surface area contributed by atoms with Crippen molar-refractivity contribution in [2.45, 2.75) is 65.5 Å². The summed E-state index contributed by atoms with van der Waals surface area (Å²) in [7, 11) is 0. The number of alkyl halides is 1. The molecular formula is C45H43Cl2N5O4S. The number of rotatable bonds is 16. The minimum Gasteiger partial charge on any atom is -0.494 e. The summed E-state index contributed by atoms with van der Waals surface area (Å²) >= 11 is 13.9. The average Bonchev–Trinajstić information content (AvgIpc) is 3.71. The minimum absolute atomic E-state index is 0.105. The van der Waals surface area contributed by atoms with Crippen molar-refractivity contribution in [3.05, 3.63) is 147 Å². The number of carbonyl (C=O) groups excluding carboxylic acids is 2. The Bertz CT molecular complexity index is 2360. The molecule has 0 spiro atoms. The van der Waals surface area contributed by atoms with Crippen molar-refractivity contribution in [1.29, 1.82) is 0 Å². The van der Waals surface area contributed by atoms with Gasteiger partial charge in [-0.2, -0.15) is 0 Å². The lowest BCUT2D eigenvalue weighted by Crippen LogP contribution is -2.31. The van der Waals surface area contributed by atoms with Gasteiger partial charge in [-0.15, -0.1) is 33.1 Å². The predicted molar refractivity (Wildman–Crippen MR) is 228 cm³/mol. The van der Waals surface area contributed by atoms with Gasteiger partial charge >= 0.3 is 0 Å². The molecule has 0 saturated carbocycles. The van der Waals surface area contributed by atoms with E-state index in [1.807, 2.05) is 110 Å². The second kappa shape index (κ2) is 18.3. The normalized spacial score (nSPS) is 13.3. The lowest BCUT2D eigenvalue weighted by molar-refractivity contribution is -0.119. The number of unbranched alkanes of at least 4 members (excludes halogenated alkanes) is 2. The lowest BCUT2D eigenvalue weighted by Gasteiger charge is -2.22. The molecular weight excluding hydrogens is 777 g/mol. The van der Waals surface area contributed by atoms with Crippen LogP contribution in [0.5, 0.6) is 17.2 Å². The van der Waals surface area contributed by atoms with Crippen LogP contribution in [0, 0.1) is 20.8 Å². The fourth-order valence-electron chi connectivity index (χ4n) is 6.84. The Morgan fingerprint density at radius 2 is 1.51 bits per heavy atom. The predicted octanol–water partition coefficient (Wildman–Crippen LogP) is 11.0. The van der Waals surface area contributed by atoms with E-state index in [1.54, 1.807) is 16.2 Å². The Morgan fingerprint density at radius 3 is 2.21 bits per heavy atom. The van der Waals surface area contributed by atoms with Crippen molar-refractivity contribution in [2.24, 2.45) is 4.99 Å². The van der Waals surface area contributed by atoms with Gasteiger partial charge in [0.15, 0.2) is 5.82 Å². The molecule has 0 fully saturated rings. The number of nitrogens with zero attached hydrogens (tertiary/aromatic N) is 5. The number of thiophene rings is 1. The number of anilines is 1. The molecule has 4 aromatic carbocycles. The molecule has 0 bridgehead atoms. The first-order valence-electron chi connectivity index (χ1n) is 19.0. The van der Waals surface area contributed by atoms with Crippen LogP contribution < -0.4 is 14.4 Å². The molecule has 0 radical (unpaired) electrons. The van der Waals surface area contributed by atoms with Gasteiger partial charge in [-0.05, 0) is 112 Å². The maximum absolute atomic E-state index is 13.4. The molecule has 292 valence electrons. The number of fused-ring (bicyclic) bond motifs is 3. The summed E-state index contributed by atoms with van der Waals surface area (Å²) in [5.74, 6) is 3.38. The van der Waals surface area contributed by atoms with E-state index >= 15 is 0 Å². The maximum atomic E-state index is 13.4. The number of hydrogen-bond acceptors (Lipinski definition) is 8. The number of ketones is 1. The molecule has 0 N–H and O–H groups in total. The molecule has 1 atom stereocenters. The summed E-state index contributed by atoms with van der Waals surface area (Å²) in [5, 5.41) is 10.6. The molecule has 1 aliphatic rings. The van der Waals surface area contributed by atoms with Crippen LogP contribution in [0.3, 0.4) is 0 Å². The molecule has 7 rings (SSSR count). The van der Waals surface area contributed by atoms with Crippen molar-refractivity contribution < 1.29 is 19.1 Å². The number of Topliss-reactive ketones (excluding diaryl/α,β-unsaturated/α-hetero) is 1. The van der Waals surface area contributed by atoms with Gasteiger partial charge in [-0.25, -0.2) is 0 Å². The first-order valence-corrected chi connectivity index (χ1v) is 20.7. The molecule has 3 heterocycles. The number of aliphatic imine (C=N–C) groups is 1. The summed E-state index contributed by atoms with van der Waals surface area (Å²) in [6, 6.07) is 31.9. The van der Waals surface area contributed by atoms with Crippen LogP contribution in [0.2, 0.25) is 5.02 Å². The Morgan fingerprint density at radius 1 is 0.825 bits per heavy atom. The highest BCUT2D eigenvalue weighted by molar-refractivity contribution is 7.15. The zero-order chi connectivity index (χ0) is 39.9. The number of amides is 1. The van der Waals surface area contributed by atoms with E-state index in [0.29, 0.717) is 41.9 Å². The van der Waals surface area contributed by atoms with Crippen LogP contribution in [-0.2, 0) is 16.1 Å². The fraction of sp³-hybridized carbons (Fsp3) is 0.267. The summed E-state index contributed by atoms with van der Waals surface area (Å²) < 4.78 is 14.1. The van der Waals surface area contributed by atoms with E-state index < -0.39 is 6.04 Å². The standard InChI is InChI=1S/C45H43Cl2N5O4S/c1-29-30(2)57-45-42(29)43(33-13-15-34(47)16-14-33)48-40(44-50-49-31(3)52(44)45)26-36(53)12-8-5-9-25-55-37-21-23-39(24-22-37)56-38-19-17-35(18-20-38)51(41(54)27-46)28-32-10-6-4-7-11-32/h4,6-7,10-11,13-24,40H,5,8-9,12,25-28H2,1-3H3. The van der Waals surface area contributed by atoms with Crippen molar-refractivity contribution in [3.63, 3.8) is 0 Å². The maximum Gasteiger partial charge on any atom is 0.242 e. The van der Waals surface area contributed by atoms with Crippen molar-refractivity contribution in [2.75, 3.05) is 17.4 Å². The van der Waals surface area contributed by atoms with Gasteiger partial charge in [0.1, 0.15) is 45.8 Å². The topological polar surface area (TPSA) is 98.9 Å². The molecule has 6 aromatic rings. The molecule has 1 amide bonds. The number of ether oxygens (including phenoxy) is 2. The van der Waals surface area contributed by atoms with E-state index in [9.17, 15) is 9.59 Å². The van der Waals surface area contributed by atoms with Gasteiger partial charge in [-0.1, -0.05) is 54.1 Å². The fourth-order valence-corrected chi connectivity index (χ4v) is 8.32. The van der Waals surface area contributed by atoms with E-state index in [0.717, 1.165) is 69.5 Å². The highest BCUT2D eigenvalue weighted by Gasteiger charge is 2.32. The SMILES string of the molecule is Cc1sc2c(c1C)C(c1ccc(Cl)cc1)=NC(CC(=O)CCCCCOc1ccc(Oc3ccc(N(Cc4ccccc4)C(=O)CCl)cc3)cc1)c1nnc(C)n1-2. The van der Waals surface area contributed by atoms with Gasteiger partial charge in [0.2, 0.25) is 5.91 Å². The minimum atomic E-state index is -0.458. The Balaban J connectivity index is 0.890. The number of halogens is 2. The van der Waals surface area contributed by atoms with Crippen molar-refractivity contribution in [3.8, 4) is 22.2 Å². The summed E-state index contributed by atoms with van der Waals surface area (Å²) in [6.07, 6.45) is 3.14. The number of aryl methyl sites for hydroxylation is 2. The van der Waals surface area contributed by atoms with Gasteiger partial charge in [0.05, 0.1) is 18.9 Å². The van der Waals surface area contributed by atoms with Crippen molar-refractivity contribution >= 4 is 57.6 Å². The third-order valence-corrected chi connectivity index (χ3v) is 11.6. The average molecular weight is 821 g/mol. The zero-order valence-electron chi connectivity index (χ0n) is 32.1. The van der Waals surface area contributed by atoms with Crippen LogP contribution in [0.4, 0.5) is 5.69 Å². The number of hydrogen-bond donors (Lipinski definition) is 0. The second-order valence-electron chi connectivity index (χ2n) is 14.0. The largest absolute Gasteiger partial charge is 0.494 e. The Hall–Kier alpha value is -5.29. The van der Waals surface area contributed by atoms with E-state index in [1.165, 1.54) is 4.88 Å². The van der Waals surface area contributed by atoms with Crippen LogP contribution in [0.25, 0.3) is 5.00 Å². The molecule has 57 heavy (non-hydrogen) atoms. The number of benzene rings is 4. The van der Waals surface area contributed by atoms with E-state index in [4.69, 9.17) is 37.7 Å². The quantitative estimate of drug-likeness (QED) is 0.0712. The second-order valence-corrected chi connectivity index (χ2v) is 15.9. The van der Waals surface area contributed by atoms with E-state index in [-0.39, 0.29) is 24.0 Å².